The van der Waals surface area contributed by atoms with Crippen molar-refractivity contribution in [2.75, 3.05) is 6.54 Å². The molecule has 1 aliphatic rings. The first-order valence-electron chi connectivity index (χ1n) is 2.90. The third-order valence-corrected chi connectivity index (χ3v) is 1.35. The first-order valence-corrected chi connectivity index (χ1v) is 2.90. The lowest BCUT2D eigenvalue weighted by atomic mass is 10.3. The summed E-state index contributed by atoms with van der Waals surface area (Å²) in [7, 11) is 0. The lowest BCUT2D eigenvalue weighted by Crippen LogP contribution is -2.35. The van der Waals surface area contributed by atoms with Crippen molar-refractivity contribution in [1.82, 2.24) is 10.6 Å². The molecule has 2 N–H and O–H groups in total. The lowest BCUT2D eigenvalue weighted by molar-refractivity contribution is -0.110. The summed E-state index contributed by atoms with van der Waals surface area (Å²) in [6.07, 6.45) is 0.00833. The zero-order valence-corrected chi connectivity index (χ0v) is 6.16. The fourth-order valence-electron chi connectivity index (χ4n) is 0.902. The van der Waals surface area contributed by atoms with Crippen molar-refractivity contribution in [2.45, 2.75) is 18.8 Å². The van der Waals surface area contributed by atoms with Gasteiger partial charge in [0.15, 0.2) is 0 Å². The molecule has 0 spiro atoms. The predicted octanol–water partition coefficient (Wildman–Crippen LogP) is -0.188. The van der Waals surface area contributed by atoms with Crippen LogP contribution in [0.1, 0.15) is 6.42 Å². The van der Waals surface area contributed by atoms with Crippen LogP contribution in [-0.2, 0) is 4.79 Å². The van der Waals surface area contributed by atoms with Gasteiger partial charge >= 0.3 is 0 Å². The highest BCUT2D eigenvalue weighted by Crippen LogP contribution is 2.06. The molecular weight excluding hydrogens is 159 g/mol. The van der Waals surface area contributed by atoms with Crippen LogP contribution < -0.4 is 10.6 Å². The molecule has 1 amide bonds. The monoisotopic (exact) mass is 168 g/mol. The van der Waals surface area contributed by atoms with E-state index in [0.717, 1.165) is 0 Å². The highest BCUT2D eigenvalue weighted by molar-refractivity contribution is 5.85. The maximum absolute atomic E-state index is 12.3. The van der Waals surface area contributed by atoms with Crippen molar-refractivity contribution in [2.24, 2.45) is 0 Å². The molecule has 60 valence electrons. The molecule has 0 aromatic carbocycles. The molecule has 1 saturated heterocycles. The van der Waals surface area contributed by atoms with E-state index in [1.807, 2.05) is 0 Å². The first kappa shape index (κ1) is 9.65. The molecule has 1 aliphatic heterocycles. The van der Waals surface area contributed by atoms with E-state index in [9.17, 15) is 9.18 Å². The van der Waals surface area contributed by atoms with Gasteiger partial charge in [-0.05, 0) is 0 Å². The van der Waals surface area contributed by atoms with Crippen LogP contribution in [0.4, 0.5) is 4.39 Å². The summed E-state index contributed by atoms with van der Waals surface area (Å²) in [5, 5.41) is 5.23. The Morgan fingerprint density at radius 2 is 2.40 bits per heavy atom. The van der Waals surface area contributed by atoms with Crippen LogP contribution in [0.15, 0.2) is 0 Å². The van der Waals surface area contributed by atoms with Gasteiger partial charge in [0.25, 0.3) is 0 Å². The van der Waals surface area contributed by atoms with Gasteiger partial charge in [0.1, 0.15) is 6.17 Å². The van der Waals surface area contributed by atoms with E-state index < -0.39 is 6.17 Å². The second-order valence-electron chi connectivity index (χ2n) is 2.08. The van der Waals surface area contributed by atoms with Crippen LogP contribution in [0.25, 0.3) is 0 Å². The van der Waals surface area contributed by atoms with Gasteiger partial charge in [0, 0.05) is 13.0 Å². The summed E-state index contributed by atoms with van der Waals surface area (Å²) in [6, 6.07) is 0. The molecule has 0 bridgehead atoms. The topological polar surface area (TPSA) is 41.1 Å². The number of carbonyl (C=O) groups is 1. The summed E-state index contributed by atoms with van der Waals surface area (Å²) < 4.78 is 12.3. The second-order valence-corrected chi connectivity index (χ2v) is 2.08. The Labute approximate surface area is 64.8 Å². The molecule has 0 aromatic heterocycles. The molecule has 2 atom stereocenters. The number of alkyl halides is 1. The van der Waals surface area contributed by atoms with E-state index >= 15 is 0 Å². The number of hydrogen-bond acceptors (Lipinski definition) is 2. The van der Waals surface area contributed by atoms with Crippen molar-refractivity contribution in [1.29, 1.82) is 0 Å². The third-order valence-electron chi connectivity index (χ3n) is 1.35. The largest absolute Gasteiger partial charge is 0.343 e. The lowest BCUT2D eigenvalue weighted by Gasteiger charge is -2.05. The molecule has 1 fully saturated rings. The van der Waals surface area contributed by atoms with Crippen LogP contribution in [0.2, 0.25) is 0 Å². The quantitative estimate of drug-likeness (QED) is 0.562. The van der Waals surface area contributed by atoms with Gasteiger partial charge in [-0.25, -0.2) is 4.39 Å². The van der Waals surface area contributed by atoms with Crippen LogP contribution in [0.3, 0.4) is 0 Å². The van der Waals surface area contributed by atoms with Gasteiger partial charge in [0.2, 0.25) is 6.41 Å². The van der Waals surface area contributed by atoms with Gasteiger partial charge in [-0.1, -0.05) is 0 Å². The number of amides is 1. The van der Waals surface area contributed by atoms with E-state index in [4.69, 9.17) is 0 Å². The number of rotatable bonds is 2. The summed E-state index contributed by atoms with van der Waals surface area (Å²) in [6.45, 7) is 0.353. The molecule has 0 saturated carbocycles. The molecule has 5 heteroatoms. The Hall–Kier alpha value is -0.350. The molecular formula is C5H10ClFN2O. The average Bonchev–Trinajstić information content (AvgIpc) is 2.17. The zero-order chi connectivity index (χ0) is 6.69. The Kier molecular flexibility index (Phi) is 4.31. The maximum Gasteiger partial charge on any atom is 0.208 e. The smallest absolute Gasteiger partial charge is 0.208 e. The minimum absolute atomic E-state index is 0. The predicted molar refractivity (Wildman–Crippen MR) is 37.8 cm³/mol. The van der Waals surface area contributed by atoms with Crippen molar-refractivity contribution in [3.8, 4) is 0 Å². The van der Waals surface area contributed by atoms with E-state index in [1.54, 1.807) is 0 Å². The highest BCUT2D eigenvalue weighted by Gasteiger charge is 2.22. The SMILES string of the molecule is Cl.O=CN[C@H]1C[C@H](F)CN1. The minimum Gasteiger partial charge on any atom is -0.343 e. The van der Waals surface area contributed by atoms with Gasteiger partial charge in [-0.3, -0.25) is 10.1 Å². The zero-order valence-electron chi connectivity index (χ0n) is 5.34. The van der Waals surface area contributed by atoms with Crippen molar-refractivity contribution in [3.63, 3.8) is 0 Å². The maximum atomic E-state index is 12.3. The first-order chi connectivity index (χ1) is 4.33. The minimum atomic E-state index is -0.803. The van der Waals surface area contributed by atoms with Crippen LogP contribution in [0.5, 0.6) is 0 Å². The molecule has 0 radical (unpaired) electrons. The molecule has 1 heterocycles. The summed E-state index contributed by atoms with van der Waals surface area (Å²) in [5.41, 5.74) is 0. The molecule has 0 aromatic rings. The van der Waals surface area contributed by atoms with Crippen LogP contribution in [-0.4, -0.2) is 25.3 Å². The Morgan fingerprint density at radius 1 is 1.70 bits per heavy atom. The molecule has 10 heavy (non-hydrogen) atoms. The Balaban J connectivity index is 0.000000810. The van der Waals surface area contributed by atoms with E-state index in [1.165, 1.54) is 0 Å². The number of hydrogen-bond donors (Lipinski definition) is 2. The summed E-state index contributed by atoms with van der Waals surface area (Å²) in [5.74, 6) is 0. The highest BCUT2D eigenvalue weighted by atomic mass is 35.5. The van der Waals surface area contributed by atoms with Crippen LogP contribution in [0, 0.1) is 0 Å². The summed E-state index contributed by atoms with van der Waals surface area (Å²) in [4.78, 5) is 9.79. The fourth-order valence-corrected chi connectivity index (χ4v) is 0.902. The number of halogens is 2. The number of carbonyl (C=O) groups excluding carboxylic acids is 1. The molecule has 3 nitrogen and oxygen atoms in total. The van der Waals surface area contributed by atoms with Crippen LogP contribution >= 0.6 is 12.4 Å². The van der Waals surface area contributed by atoms with Crippen molar-refractivity contribution >= 4 is 18.8 Å². The second kappa shape index (κ2) is 4.46. The fraction of sp³-hybridized carbons (Fsp3) is 0.800. The standard InChI is InChI=1S/C5H9FN2O.ClH/c6-4-1-5(7-2-4)8-3-9;/h3-5,7H,1-2H2,(H,8,9);1H/t4-,5-;/m0./s1. The van der Waals surface area contributed by atoms with Gasteiger partial charge < -0.3 is 5.32 Å². The van der Waals surface area contributed by atoms with Crippen molar-refractivity contribution < 1.29 is 9.18 Å². The Bertz CT molecular complexity index is 114. The Morgan fingerprint density at radius 3 is 2.80 bits per heavy atom. The summed E-state index contributed by atoms with van der Waals surface area (Å²) >= 11 is 0. The number of nitrogens with one attached hydrogen (secondary N) is 2. The van der Waals surface area contributed by atoms with Crippen molar-refractivity contribution in [3.05, 3.63) is 0 Å². The van der Waals surface area contributed by atoms with Gasteiger partial charge in [-0.15, -0.1) is 12.4 Å². The van der Waals surface area contributed by atoms with Gasteiger partial charge in [0.05, 0.1) is 6.17 Å². The third kappa shape index (κ3) is 2.49. The van der Waals surface area contributed by atoms with Gasteiger partial charge in [-0.2, -0.15) is 0 Å². The molecule has 0 aliphatic carbocycles. The molecule has 1 rings (SSSR count). The average molecular weight is 169 g/mol. The van der Waals surface area contributed by atoms with E-state index in [-0.39, 0.29) is 18.6 Å². The van der Waals surface area contributed by atoms with E-state index in [2.05, 4.69) is 10.6 Å². The normalized spacial score (nSPS) is 30.9. The molecule has 0 unspecified atom stereocenters. The van der Waals surface area contributed by atoms with E-state index in [0.29, 0.717) is 19.4 Å².